The number of nitrogens with zero attached hydrogens (tertiary/aromatic N) is 5. The molecule has 0 aliphatic carbocycles. The van der Waals surface area contributed by atoms with E-state index in [1.807, 2.05) is 0 Å². The number of alkyl carbamates (subject to hydrolysis) is 1. The standard InChI is InChI=1S/C21H28N6O9/c1-9-11(6-5-10(19(32)34-3)24-21(33)35-4)27-17(31)13-16(25(2)20(27)23-9)26(8-22-13)18-15(30)14(29)12(7-28)36-18/h8,10,12,14-15,18,28-30H,5-7H2,1-4H3,(H,24,33)/t10?,12-,14?,15+,18-/m1/s1. The fourth-order valence-corrected chi connectivity index (χ4v) is 4.49. The number of carbonyl (C=O) groups excluding carboxylic acids is 2. The van der Waals surface area contributed by atoms with Gasteiger partial charge in [0.1, 0.15) is 24.4 Å². The van der Waals surface area contributed by atoms with E-state index in [2.05, 4.69) is 20.0 Å². The first-order chi connectivity index (χ1) is 17.1. The Hall–Kier alpha value is -3.53. The van der Waals surface area contributed by atoms with Gasteiger partial charge >= 0.3 is 12.1 Å². The van der Waals surface area contributed by atoms with Gasteiger partial charge in [0.25, 0.3) is 5.56 Å². The van der Waals surface area contributed by atoms with E-state index >= 15 is 0 Å². The minimum absolute atomic E-state index is 0.0543. The van der Waals surface area contributed by atoms with E-state index in [1.54, 1.807) is 18.5 Å². The number of hydrogen-bond acceptors (Lipinski definition) is 11. The number of hydrogen-bond donors (Lipinski definition) is 4. The van der Waals surface area contributed by atoms with E-state index in [0.717, 1.165) is 0 Å². The molecule has 4 N–H and O–H groups in total. The van der Waals surface area contributed by atoms with Crippen molar-refractivity contribution in [1.29, 1.82) is 0 Å². The van der Waals surface area contributed by atoms with Crippen molar-refractivity contribution in [2.45, 2.75) is 50.3 Å². The summed E-state index contributed by atoms with van der Waals surface area (Å²) in [5, 5.41) is 32.4. The van der Waals surface area contributed by atoms with Crippen molar-refractivity contribution in [3.63, 3.8) is 0 Å². The molecule has 4 heterocycles. The van der Waals surface area contributed by atoms with Gasteiger partial charge in [-0.3, -0.25) is 13.9 Å². The second-order valence-electron chi connectivity index (χ2n) is 8.45. The van der Waals surface area contributed by atoms with Crippen molar-refractivity contribution in [3.8, 4) is 0 Å². The molecule has 2 unspecified atom stereocenters. The van der Waals surface area contributed by atoms with Gasteiger partial charge in [0.2, 0.25) is 5.78 Å². The van der Waals surface area contributed by atoms with Crippen molar-refractivity contribution < 1.29 is 39.1 Å². The third-order valence-corrected chi connectivity index (χ3v) is 6.37. The van der Waals surface area contributed by atoms with Crippen molar-refractivity contribution in [3.05, 3.63) is 28.1 Å². The summed E-state index contributed by atoms with van der Waals surface area (Å²) in [5.41, 5.74) is 0.888. The summed E-state index contributed by atoms with van der Waals surface area (Å²) in [6.45, 7) is 1.21. The summed E-state index contributed by atoms with van der Waals surface area (Å²) >= 11 is 0. The predicted molar refractivity (Wildman–Crippen MR) is 121 cm³/mol. The Labute approximate surface area is 203 Å². The molecule has 4 rings (SSSR count). The number of aliphatic hydroxyl groups is 3. The molecule has 0 aromatic carbocycles. The number of methoxy groups -OCH3 is 2. The SMILES string of the molecule is COC(=O)NC(CCc1c(C)nc2n(C)c3c(ncn3[C@@H]3O[C@H](CO)C(O)[C@@H]3O)c(=O)n12)C(=O)OC. The lowest BCUT2D eigenvalue weighted by Gasteiger charge is -2.18. The fraction of sp³-hybridized carbons (Fsp3) is 0.571. The molecule has 1 fully saturated rings. The van der Waals surface area contributed by atoms with E-state index in [0.29, 0.717) is 17.0 Å². The van der Waals surface area contributed by atoms with Crippen LogP contribution in [0.2, 0.25) is 0 Å². The van der Waals surface area contributed by atoms with Gasteiger partial charge in [0.05, 0.1) is 38.5 Å². The second kappa shape index (κ2) is 9.85. The molecule has 1 aliphatic heterocycles. The van der Waals surface area contributed by atoms with Gasteiger partial charge in [0.15, 0.2) is 17.4 Å². The largest absolute Gasteiger partial charge is 0.467 e. The zero-order valence-electron chi connectivity index (χ0n) is 20.1. The Morgan fingerprint density at radius 1 is 1.25 bits per heavy atom. The van der Waals surface area contributed by atoms with Crippen molar-refractivity contribution in [1.82, 2.24) is 28.8 Å². The Bertz CT molecular complexity index is 1360. The van der Waals surface area contributed by atoms with Crippen LogP contribution in [-0.2, 0) is 32.5 Å². The zero-order valence-corrected chi connectivity index (χ0v) is 20.1. The molecule has 15 heteroatoms. The molecule has 3 aromatic rings. The van der Waals surface area contributed by atoms with Crippen molar-refractivity contribution in [2.75, 3.05) is 20.8 Å². The maximum Gasteiger partial charge on any atom is 0.407 e. The number of amides is 1. The lowest BCUT2D eigenvalue weighted by Crippen LogP contribution is -2.41. The smallest absolute Gasteiger partial charge is 0.407 e. The molecular formula is C21H28N6O9. The summed E-state index contributed by atoms with van der Waals surface area (Å²) in [6.07, 6.45) is -3.96. The number of fused-ring (bicyclic) bond motifs is 2. The summed E-state index contributed by atoms with van der Waals surface area (Å²) in [5.74, 6) is -0.400. The Morgan fingerprint density at radius 2 is 1.97 bits per heavy atom. The average Bonchev–Trinajstić information content (AvgIpc) is 3.54. The van der Waals surface area contributed by atoms with E-state index in [1.165, 1.54) is 29.5 Å². The van der Waals surface area contributed by atoms with Gasteiger partial charge in [-0.1, -0.05) is 0 Å². The summed E-state index contributed by atoms with van der Waals surface area (Å²) in [6, 6.07) is -1.01. The Balaban J connectivity index is 1.75. The molecule has 1 aliphatic rings. The molecule has 5 atom stereocenters. The van der Waals surface area contributed by atoms with Gasteiger partial charge < -0.3 is 34.8 Å². The molecule has 0 saturated carbocycles. The molecule has 15 nitrogen and oxygen atoms in total. The second-order valence-corrected chi connectivity index (χ2v) is 8.45. The molecule has 1 saturated heterocycles. The summed E-state index contributed by atoms with van der Waals surface area (Å²) in [7, 11) is 4.03. The van der Waals surface area contributed by atoms with Gasteiger partial charge in [-0.05, 0) is 19.8 Å². The quantitative estimate of drug-likeness (QED) is 0.261. The lowest BCUT2D eigenvalue weighted by molar-refractivity contribution is -0.143. The van der Waals surface area contributed by atoms with Crippen LogP contribution in [0.3, 0.4) is 0 Å². The highest BCUT2D eigenvalue weighted by atomic mass is 16.6. The highest BCUT2D eigenvalue weighted by molar-refractivity contribution is 5.81. The lowest BCUT2D eigenvalue weighted by atomic mass is 10.1. The summed E-state index contributed by atoms with van der Waals surface area (Å²) in [4.78, 5) is 46.0. The maximum atomic E-state index is 13.5. The highest BCUT2D eigenvalue weighted by Crippen LogP contribution is 2.31. The van der Waals surface area contributed by atoms with Crippen molar-refractivity contribution in [2.24, 2.45) is 7.05 Å². The monoisotopic (exact) mass is 508 g/mol. The van der Waals surface area contributed by atoms with E-state index in [4.69, 9.17) is 9.47 Å². The molecule has 0 radical (unpaired) electrons. The van der Waals surface area contributed by atoms with Crippen LogP contribution in [0.1, 0.15) is 24.0 Å². The van der Waals surface area contributed by atoms with E-state index in [-0.39, 0.29) is 24.1 Å². The zero-order chi connectivity index (χ0) is 26.3. The van der Waals surface area contributed by atoms with E-state index < -0.39 is 54.8 Å². The predicted octanol–water partition coefficient (Wildman–Crippen LogP) is -1.87. The van der Waals surface area contributed by atoms with Gasteiger partial charge in [-0.15, -0.1) is 0 Å². The number of nitrogens with one attached hydrogen (secondary N) is 1. The number of imidazole rings is 2. The van der Waals surface area contributed by atoms with Gasteiger partial charge in [-0.25, -0.2) is 24.0 Å². The third kappa shape index (κ3) is 4.09. The number of aromatic nitrogens is 5. The first-order valence-corrected chi connectivity index (χ1v) is 11.1. The molecule has 196 valence electrons. The number of aryl methyl sites for hydroxylation is 3. The minimum Gasteiger partial charge on any atom is -0.467 e. The first-order valence-electron chi connectivity index (χ1n) is 11.1. The van der Waals surface area contributed by atoms with Crippen LogP contribution in [-0.4, -0.2) is 96.1 Å². The Morgan fingerprint density at radius 3 is 2.58 bits per heavy atom. The normalized spacial score (nSPS) is 22.8. The maximum absolute atomic E-state index is 13.5. The number of aliphatic hydroxyl groups excluding tert-OH is 3. The summed E-state index contributed by atoms with van der Waals surface area (Å²) < 4.78 is 19.3. The molecule has 3 aromatic heterocycles. The minimum atomic E-state index is -1.36. The van der Waals surface area contributed by atoms with Crippen LogP contribution in [0.4, 0.5) is 4.79 Å². The van der Waals surface area contributed by atoms with Gasteiger partial charge in [0, 0.05) is 7.05 Å². The van der Waals surface area contributed by atoms with Crippen LogP contribution in [0.5, 0.6) is 0 Å². The van der Waals surface area contributed by atoms with Crippen LogP contribution < -0.4 is 10.9 Å². The molecule has 0 spiro atoms. The number of esters is 1. The number of ether oxygens (including phenoxy) is 3. The van der Waals surface area contributed by atoms with E-state index in [9.17, 15) is 29.7 Å². The molecule has 36 heavy (non-hydrogen) atoms. The van der Waals surface area contributed by atoms with Crippen LogP contribution in [0.25, 0.3) is 16.9 Å². The van der Waals surface area contributed by atoms with Crippen LogP contribution >= 0.6 is 0 Å². The van der Waals surface area contributed by atoms with Crippen LogP contribution in [0.15, 0.2) is 11.1 Å². The number of rotatable bonds is 7. The average molecular weight is 508 g/mol. The Kier molecular flexibility index (Phi) is 6.99. The third-order valence-electron chi connectivity index (χ3n) is 6.37. The molecular weight excluding hydrogens is 480 g/mol. The first kappa shape index (κ1) is 25.6. The topological polar surface area (TPSA) is 192 Å². The van der Waals surface area contributed by atoms with Crippen LogP contribution in [0, 0.1) is 6.92 Å². The van der Waals surface area contributed by atoms with Gasteiger partial charge in [-0.2, -0.15) is 0 Å². The molecule has 1 amide bonds. The number of carbonyl (C=O) groups is 2. The highest BCUT2D eigenvalue weighted by Gasteiger charge is 2.44. The fourth-order valence-electron chi connectivity index (χ4n) is 4.49. The molecule has 0 bridgehead atoms. The van der Waals surface area contributed by atoms with Crippen molar-refractivity contribution >= 4 is 29.0 Å².